The van der Waals surface area contributed by atoms with E-state index in [1.807, 2.05) is 0 Å². The lowest BCUT2D eigenvalue weighted by atomic mass is 9.72. The minimum absolute atomic E-state index is 0.00863. The number of carbonyl (C=O) groups is 2. The van der Waals surface area contributed by atoms with Gasteiger partial charge >= 0.3 is 6.18 Å². The summed E-state index contributed by atoms with van der Waals surface area (Å²) in [7, 11) is 2.97. The van der Waals surface area contributed by atoms with E-state index in [2.05, 4.69) is 10.6 Å². The van der Waals surface area contributed by atoms with Crippen molar-refractivity contribution in [3.05, 3.63) is 95.1 Å². The van der Waals surface area contributed by atoms with Gasteiger partial charge in [-0.2, -0.15) is 13.2 Å². The highest BCUT2D eigenvalue weighted by Crippen LogP contribution is 2.39. The molecule has 1 aliphatic rings. The van der Waals surface area contributed by atoms with Crippen LogP contribution in [0.15, 0.2) is 72.8 Å². The minimum atomic E-state index is -4.42. The minimum Gasteiger partial charge on any atom is -0.493 e. The topological polar surface area (TPSA) is 76.7 Å². The Morgan fingerprint density at radius 1 is 0.816 bits per heavy atom. The molecule has 38 heavy (non-hydrogen) atoms. The third-order valence-corrected chi connectivity index (χ3v) is 6.60. The second kappa shape index (κ2) is 11.2. The van der Waals surface area contributed by atoms with Gasteiger partial charge in [-0.15, -0.1) is 0 Å². The second-order valence-electron chi connectivity index (χ2n) is 9.13. The Labute approximate surface area is 219 Å². The van der Waals surface area contributed by atoms with Crippen molar-refractivity contribution in [3.63, 3.8) is 0 Å². The summed E-state index contributed by atoms with van der Waals surface area (Å²) in [5.74, 6) is -0.211. The molecular formula is C29H29F3N2O4. The molecule has 200 valence electrons. The Kier molecular flexibility index (Phi) is 7.94. The van der Waals surface area contributed by atoms with E-state index in [9.17, 15) is 22.8 Å². The van der Waals surface area contributed by atoms with Gasteiger partial charge in [-0.05, 0) is 60.2 Å². The maximum absolute atomic E-state index is 14.0. The van der Waals surface area contributed by atoms with Crippen LogP contribution in [0.3, 0.4) is 0 Å². The summed E-state index contributed by atoms with van der Waals surface area (Å²) in [5.41, 5.74) is -0.997. The van der Waals surface area contributed by atoms with Crippen molar-refractivity contribution in [2.75, 3.05) is 20.8 Å². The first-order valence-corrected chi connectivity index (χ1v) is 12.2. The van der Waals surface area contributed by atoms with E-state index in [1.54, 1.807) is 48.5 Å². The smallest absolute Gasteiger partial charge is 0.416 e. The lowest BCUT2D eigenvalue weighted by Crippen LogP contribution is -2.56. The molecule has 3 aromatic carbocycles. The molecule has 1 aliphatic carbocycles. The summed E-state index contributed by atoms with van der Waals surface area (Å²) in [6, 6.07) is 18.5. The number of halogens is 3. The summed E-state index contributed by atoms with van der Waals surface area (Å²) in [6.45, 7) is 0.114. The van der Waals surface area contributed by atoms with E-state index >= 15 is 0 Å². The van der Waals surface area contributed by atoms with E-state index < -0.39 is 29.0 Å². The summed E-state index contributed by atoms with van der Waals surface area (Å²) >= 11 is 0. The largest absolute Gasteiger partial charge is 0.493 e. The number of nitrogens with one attached hydrogen (secondary N) is 2. The van der Waals surface area contributed by atoms with Gasteiger partial charge < -0.3 is 20.1 Å². The fraction of sp³-hybridized carbons (Fsp3) is 0.310. The zero-order chi connectivity index (χ0) is 27.3. The number of amides is 2. The molecule has 0 aromatic heterocycles. The molecule has 3 aromatic rings. The quantitative estimate of drug-likeness (QED) is 0.377. The van der Waals surface area contributed by atoms with Crippen LogP contribution in [0.2, 0.25) is 0 Å². The molecule has 0 bridgehead atoms. The van der Waals surface area contributed by atoms with E-state index in [0.717, 1.165) is 25.0 Å². The van der Waals surface area contributed by atoms with Gasteiger partial charge in [0, 0.05) is 12.6 Å². The van der Waals surface area contributed by atoms with Gasteiger partial charge in [-0.1, -0.05) is 48.5 Å². The number of hydrogen-bond acceptors (Lipinski definition) is 4. The van der Waals surface area contributed by atoms with Crippen LogP contribution in [0.5, 0.6) is 11.5 Å². The van der Waals surface area contributed by atoms with Crippen molar-refractivity contribution in [2.45, 2.75) is 36.9 Å². The lowest BCUT2D eigenvalue weighted by molar-refractivity contribution is -0.138. The van der Waals surface area contributed by atoms with Gasteiger partial charge in [0.2, 0.25) is 11.8 Å². The van der Waals surface area contributed by atoms with Crippen molar-refractivity contribution in [2.24, 2.45) is 0 Å². The molecule has 0 radical (unpaired) electrons. The molecule has 0 saturated heterocycles. The molecule has 0 heterocycles. The molecule has 0 spiro atoms. The number of carbonyl (C=O) groups excluding carboxylic acids is 2. The number of rotatable bonds is 10. The van der Waals surface area contributed by atoms with Crippen molar-refractivity contribution < 1.29 is 32.2 Å². The summed E-state index contributed by atoms with van der Waals surface area (Å²) in [4.78, 5) is 28.0. The fourth-order valence-electron chi connectivity index (χ4n) is 4.39. The molecule has 6 nitrogen and oxygen atoms in total. The van der Waals surface area contributed by atoms with Crippen molar-refractivity contribution in [1.82, 2.24) is 10.6 Å². The summed E-state index contributed by atoms with van der Waals surface area (Å²) in [6.07, 6.45) is -2.47. The van der Waals surface area contributed by atoms with E-state index in [-0.39, 0.29) is 19.0 Å². The Morgan fingerprint density at radius 2 is 1.45 bits per heavy atom. The van der Waals surface area contributed by atoms with Crippen molar-refractivity contribution in [3.8, 4) is 11.5 Å². The molecule has 0 aliphatic heterocycles. The first-order chi connectivity index (χ1) is 18.2. The number of alkyl halides is 3. The zero-order valence-electron chi connectivity index (χ0n) is 21.1. The van der Waals surface area contributed by atoms with Crippen LogP contribution in [-0.4, -0.2) is 38.6 Å². The average Bonchev–Trinajstić information content (AvgIpc) is 3.73. The van der Waals surface area contributed by atoms with Crippen LogP contribution < -0.4 is 20.1 Å². The van der Waals surface area contributed by atoms with Gasteiger partial charge in [-0.25, -0.2) is 0 Å². The zero-order valence-corrected chi connectivity index (χ0v) is 21.1. The Morgan fingerprint density at radius 3 is 2.03 bits per heavy atom. The second-order valence-corrected chi connectivity index (χ2v) is 9.13. The number of methoxy groups -OCH3 is 2. The molecule has 2 amide bonds. The molecule has 4 rings (SSSR count). The molecule has 2 N–H and O–H groups in total. The van der Waals surface area contributed by atoms with E-state index in [0.29, 0.717) is 28.2 Å². The Hall–Kier alpha value is -4.01. The highest BCUT2D eigenvalue weighted by Gasteiger charge is 2.50. The van der Waals surface area contributed by atoms with Crippen LogP contribution >= 0.6 is 0 Å². The predicted octanol–water partition coefficient (Wildman–Crippen LogP) is 4.65. The van der Waals surface area contributed by atoms with Crippen LogP contribution in [-0.2, 0) is 27.6 Å². The van der Waals surface area contributed by atoms with Gasteiger partial charge in [-0.3, -0.25) is 9.59 Å². The first-order valence-electron chi connectivity index (χ1n) is 12.2. The standard InChI is InChI=1S/C29H29F3N2O4/c1-37-24-15-12-22(18-25(24)38-2)28(20-6-4-3-5-7-20,27(36)34-23-13-14-23)26(35)33-17-16-19-8-10-21(11-9-19)29(30,31)32/h3-12,15,18,23H,13-14,16-17H2,1-2H3,(H,33,35)(H,34,36). The van der Waals surface area contributed by atoms with Gasteiger partial charge in [0.25, 0.3) is 0 Å². The van der Waals surface area contributed by atoms with Crippen LogP contribution in [0.1, 0.15) is 35.1 Å². The lowest BCUT2D eigenvalue weighted by Gasteiger charge is -2.33. The van der Waals surface area contributed by atoms with Crippen LogP contribution in [0, 0.1) is 0 Å². The van der Waals surface area contributed by atoms with Gasteiger partial charge in [0.15, 0.2) is 16.9 Å². The Balaban J connectivity index is 1.69. The van der Waals surface area contributed by atoms with Gasteiger partial charge in [0.1, 0.15) is 0 Å². The maximum atomic E-state index is 14.0. The normalized spacial score (nSPS) is 14.8. The highest BCUT2D eigenvalue weighted by atomic mass is 19.4. The van der Waals surface area contributed by atoms with Crippen molar-refractivity contribution in [1.29, 1.82) is 0 Å². The summed E-state index contributed by atoms with van der Waals surface area (Å²) < 4.78 is 49.5. The monoisotopic (exact) mass is 526 g/mol. The molecule has 1 fully saturated rings. The first kappa shape index (κ1) is 27.0. The van der Waals surface area contributed by atoms with E-state index in [4.69, 9.17) is 9.47 Å². The SMILES string of the molecule is COc1ccc(C(C(=O)NCCc2ccc(C(F)(F)F)cc2)(C(=O)NC2CC2)c2ccccc2)cc1OC. The van der Waals surface area contributed by atoms with Crippen molar-refractivity contribution >= 4 is 11.8 Å². The molecule has 9 heteroatoms. The van der Waals surface area contributed by atoms with Crippen LogP contribution in [0.25, 0.3) is 0 Å². The van der Waals surface area contributed by atoms with Crippen LogP contribution in [0.4, 0.5) is 13.2 Å². The Bertz CT molecular complexity index is 1280. The van der Waals surface area contributed by atoms with Gasteiger partial charge in [0.05, 0.1) is 19.8 Å². The third kappa shape index (κ3) is 5.61. The molecule has 1 unspecified atom stereocenters. The molecular weight excluding hydrogens is 497 g/mol. The fourth-order valence-corrected chi connectivity index (χ4v) is 4.39. The van der Waals surface area contributed by atoms with E-state index in [1.165, 1.54) is 26.4 Å². The summed E-state index contributed by atoms with van der Waals surface area (Å²) in [5, 5.41) is 5.85. The maximum Gasteiger partial charge on any atom is 0.416 e. The number of benzene rings is 3. The number of ether oxygens (including phenoxy) is 2. The molecule has 1 atom stereocenters. The molecule has 1 saturated carbocycles. The highest BCUT2D eigenvalue weighted by molar-refractivity contribution is 6.14. The number of hydrogen-bond donors (Lipinski definition) is 2. The third-order valence-electron chi connectivity index (χ3n) is 6.60. The average molecular weight is 527 g/mol. The predicted molar refractivity (Wildman–Crippen MR) is 136 cm³/mol.